The van der Waals surface area contributed by atoms with Gasteiger partial charge in [0.1, 0.15) is 6.54 Å². The van der Waals surface area contributed by atoms with Crippen LogP contribution in [0.3, 0.4) is 0 Å². The minimum absolute atomic E-state index is 0. The summed E-state index contributed by atoms with van der Waals surface area (Å²) in [6.45, 7) is 7.09. The monoisotopic (exact) mass is 470 g/mol. The number of nitrogens with one attached hydrogen (secondary N) is 2. The number of hydrogen-bond acceptors (Lipinski definition) is 4. The Morgan fingerprint density at radius 3 is 2.68 bits per heavy atom. The molecule has 1 amide bonds. The Morgan fingerprint density at radius 2 is 2.04 bits per heavy atom. The number of nitrogens with zero attached hydrogens (tertiary/aromatic N) is 2. The number of aliphatic imine (C=N–C) groups is 1. The van der Waals surface area contributed by atoms with Crippen LogP contribution < -0.4 is 10.6 Å². The lowest BCUT2D eigenvalue weighted by molar-refractivity contribution is -0.127. The summed E-state index contributed by atoms with van der Waals surface area (Å²) in [7, 11) is 3.48. The number of halogens is 1. The summed E-state index contributed by atoms with van der Waals surface area (Å²) >= 11 is 0. The second-order valence-electron chi connectivity index (χ2n) is 6.31. The van der Waals surface area contributed by atoms with Gasteiger partial charge in [-0.05, 0) is 19.3 Å². The third-order valence-corrected chi connectivity index (χ3v) is 3.85. The molecule has 1 rings (SSSR count). The van der Waals surface area contributed by atoms with E-state index in [0.29, 0.717) is 11.9 Å². The number of carbonyl (C=O) groups excluding carboxylic acids is 1. The fourth-order valence-corrected chi connectivity index (χ4v) is 2.18. The number of unbranched alkanes of at least 4 members (excludes halogenated alkanes) is 1. The molecule has 1 aliphatic heterocycles. The number of guanidine groups is 1. The number of amides is 1. The molecule has 0 aliphatic carbocycles. The Morgan fingerprint density at radius 1 is 1.28 bits per heavy atom. The van der Waals surface area contributed by atoms with Crippen LogP contribution in [0.5, 0.6) is 0 Å². The van der Waals surface area contributed by atoms with Crippen molar-refractivity contribution < 1.29 is 14.3 Å². The highest BCUT2D eigenvalue weighted by molar-refractivity contribution is 14.0. The molecule has 148 valence electrons. The van der Waals surface area contributed by atoms with Crippen LogP contribution in [-0.4, -0.2) is 76.9 Å². The lowest BCUT2D eigenvalue weighted by atomic mass is 10.1. The minimum atomic E-state index is -0.0109. The van der Waals surface area contributed by atoms with Crippen LogP contribution >= 0.6 is 24.0 Å². The zero-order chi connectivity index (χ0) is 17.6. The van der Waals surface area contributed by atoms with Crippen molar-refractivity contribution in [2.24, 2.45) is 10.9 Å². The van der Waals surface area contributed by atoms with Crippen molar-refractivity contribution in [3.05, 3.63) is 0 Å². The predicted molar refractivity (Wildman–Crippen MR) is 112 cm³/mol. The zero-order valence-electron chi connectivity index (χ0n) is 15.9. The molecule has 0 aromatic heterocycles. The van der Waals surface area contributed by atoms with E-state index in [4.69, 9.17) is 9.47 Å². The number of carbonyl (C=O) groups is 1. The molecule has 7 nitrogen and oxygen atoms in total. The molecule has 1 atom stereocenters. The Kier molecular flexibility index (Phi) is 15.2. The van der Waals surface area contributed by atoms with Crippen LogP contribution in [-0.2, 0) is 14.3 Å². The van der Waals surface area contributed by atoms with Crippen LogP contribution in [0.2, 0.25) is 0 Å². The molecular formula is C17H35IN4O3. The van der Waals surface area contributed by atoms with Crippen molar-refractivity contribution >= 4 is 35.8 Å². The van der Waals surface area contributed by atoms with Gasteiger partial charge >= 0.3 is 0 Å². The second-order valence-corrected chi connectivity index (χ2v) is 6.31. The normalized spacial score (nSPS) is 17.1. The van der Waals surface area contributed by atoms with E-state index >= 15 is 0 Å². The minimum Gasteiger partial charge on any atom is -0.381 e. The standard InChI is InChI=1S/C17H34N4O3.HI/c1-4-5-9-23-10-6-8-18-17(20-13-16(22)21(2)3)19-12-15-7-11-24-14-15;/h15H,4-14H2,1-3H3,(H2,18,19,20);1H. The number of hydrogen-bond donors (Lipinski definition) is 2. The second kappa shape index (κ2) is 15.6. The van der Waals surface area contributed by atoms with E-state index in [1.807, 2.05) is 0 Å². The quantitative estimate of drug-likeness (QED) is 0.207. The molecule has 1 fully saturated rings. The lowest BCUT2D eigenvalue weighted by Gasteiger charge is -2.16. The molecule has 0 saturated carbocycles. The molecule has 8 heteroatoms. The maximum Gasteiger partial charge on any atom is 0.243 e. The molecule has 0 bridgehead atoms. The van der Waals surface area contributed by atoms with Crippen LogP contribution in [0.25, 0.3) is 0 Å². The van der Waals surface area contributed by atoms with Gasteiger partial charge in [-0.2, -0.15) is 0 Å². The van der Waals surface area contributed by atoms with Gasteiger partial charge < -0.3 is 25.0 Å². The summed E-state index contributed by atoms with van der Waals surface area (Å²) in [4.78, 5) is 17.6. The van der Waals surface area contributed by atoms with Gasteiger partial charge in [-0.1, -0.05) is 13.3 Å². The largest absolute Gasteiger partial charge is 0.381 e. The van der Waals surface area contributed by atoms with Gasteiger partial charge in [-0.3, -0.25) is 4.79 Å². The van der Waals surface area contributed by atoms with Gasteiger partial charge in [-0.15, -0.1) is 24.0 Å². The molecule has 0 aromatic rings. The first-order chi connectivity index (χ1) is 11.6. The van der Waals surface area contributed by atoms with E-state index in [2.05, 4.69) is 22.5 Å². The fraction of sp³-hybridized carbons (Fsp3) is 0.882. The first kappa shape index (κ1) is 24.4. The average molecular weight is 470 g/mol. The van der Waals surface area contributed by atoms with Crippen molar-refractivity contribution in [3.8, 4) is 0 Å². The predicted octanol–water partition coefficient (Wildman–Crippen LogP) is 1.47. The molecule has 1 aliphatic rings. The first-order valence-corrected chi connectivity index (χ1v) is 9.01. The van der Waals surface area contributed by atoms with Crippen LogP contribution in [0.15, 0.2) is 4.99 Å². The van der Waals surface area contributed by atoms with E-state index in [1.54, 1.807) is 19.0 Å². The third-order valence-electron chi connectivity index (χ3n) is 3.85. The summed E-state index contributed by atoms with van der Waals surface area (Å²) in [5.74, 6) is 1.19. The van der Waals surface area contributed by atoms with E-state index in [1.165, 1.54) is 0 Å². The van der Waals surface area contributed by atoms with Gasteiger partial charge in [0.05, 0.1) is 6.61 Å². The van der Waals surface area contributed by atoms with Crippen molar-refractivity contribution in [2.45, 2.75) is 32.6 Å². The average Bonchev–Trinajstić information content (AvgIpc) is 3.08. The van der Waals surface area contributed by atoms with Gasteiger partial charge in [0, 0.05) is 52.9 Å². The van der Waals surface area contributed by atoms with Crippen LogP contribution in [0, 0.1) is 5.92 Å². The van der Waals surface area contributed by atoms with Gasteiger partial charge in [0.15, 0.2) is 5.96 Å². The molecule has 0 radical (unpaired) electrons. The summed E-state index contributed by atoms with van der Waals surface area (Å²) < 4.78 is 10.9. The smallest absolute Gasteiger partial charge is 0.243 e. The fourth-order valence-electron chi connectivity index (χ4n) is 2.18. The van der Waals surface area contributed by atoms with E-state index in [0.717, 1.165) is 65.2 Å². The molecule has 0 aromatic carbocycles. The van der Waals surface area contributed by atoms with Crippen LogP contribution in [0.4, 0.5) is 0 Å². The van der Waals surface area contributed by atoms with Crippen molar-refractivity contribution in [3.63, 3.8) is 0 Å². The maximum absolute atomic E-state index is 11.7. The Balaban J connectivity index is 0.00000576. The van der Waals surface area contributed by atoms with Gasteiger partial charge in [0.2, 0.25) is 5.91 Å². The summed E-state index contributed by atoms with van der Waals surface area (Å²) in [6.07, 6.45) is 4.25. The summed E-state index contributed by atoms with van der Waals surface area (Å²) in [5, 5.41) is 6.59. The summed E-state index contributed by atoms with van der Waals surface area (Å²) in [6, 6.07) is 0. The third kappa shape index (κ3) is 12.4. The number of likely N-dealkylation sites (N-methyl/N-ethyl adjacent to an activating group) is 1. The van der Waals surface area contributed by atoms with Gasteiger partial charge in [-0.25, -0.2) is 4.99 Å². The van der Waals surface area contributed by atoms with E-state index < -0.39 is 0 Å². The summed E-state index contributed by atoms with van der Waals surface area (Å²) in [5.41, 5.74) is 0. The first-order valence-electron chi connectivity index (χ1n) is 9.01. The molecule has 25 heavy (non-hydrogen) atoms. The zero-order valence-corrected chi connectivity index (χ0v) is 18.2. The highest BCUT2D eigenvalue weighted by Crippen LogP contribution is 2.10. The number of rotatable bonds is 11. The van der Waals surface area contributed by atoms with Gasteiger partial charge in [0.25, 0.3) is 0 Å². The molecule has 1 saturated heterocycles. The molecule has 2 N–H and O–H groups in total. The van der Waals surface area contributed by atoms with E-state index in [-0.39, 0.29) is 36.4 Å². The van der Waals surface area contributed by atoms with E-state index in [9.17, 15) is 4.79 Å². The topological polar surface area (TPSA) is 75.2 Å². The Bertz CT molecular complexity index is 375. The molecule has 1 unspecified atom stereocenters. The number of ether oxygens (including phenoxy) is 2. The SMILES string of the molecule is CCCCOCCCNC(=NCC(=O)N(C)C)NCC1CCOC1.I. The van der Waals surface area contributed by atoms with Crippen molar-refractivity contribution in [1.82, 2.24) is 15.5 Å². The molecule has 1 heterocycles. The Labute approximate surface area is 169 Å². The van der Waals surface area contributed by atoms with Crippen molar-refractivity contribution in [1.29, 1.82) is 0 Å². The van der Waals surface area contributed by atoms with Crippen LogP contribution in [0.1, 0.15) is 32.6 Å². The molecule has 0 spiro atoms. The Hall–Kier alpha value is -0.610. The highest BCUT2D eigenvalue weighted by Gasteiger charge is 2.15. The maximum atomic E-state index is 11.7. The van der Waals surface area contributed by atoms with Crippen molar-refractivity contribution in [2.75, 3.05) is 60.2 Å². The lowest BCUT2D eigenvalue weighted by Crippen LogP contribution is -2.41. The highest BCUT2D eigenvalue weighted by atomic mass is 127. The molecular weight excluding hydrogens is 435 g/mol.